The summed E-state index contributed by atoms with van der Waals surface area (Å²) in [5, 5.41) is 3.94. The first-order valence-corrected chi connectivity index (χ1v) is 12.4. The number of hydrogen-bond acceptors (Lipinski definition) is 5. The molecule has 2 amide bonds. The van der Waals surface area contributed by atoms with Crippen molar-refractivity contribution in [3.8, 4) is 0 Å². The number of fused-ring (bicyclic) bond motifs is 1. The third kappa shape index (κ3) is 4.36. The number of nitrogens with one attached hydrogen (secondary N) is 3. The van der Waals surface area contributed by atoms with Crippen molar-refractivity contribution in [1.29, 1.82) is 0 Å². The molecular formula is C24H34N4O2S. The van der Waals surface area contributed by atoms with Crippen molar-refractivity contribution >= 4 is 33.2 Å². The number of carbonyl (C=O) groups is 2. The Hall–Kier alpha value is -1.96. The number of rotatable bonds is 5. The van der Waals surface area contributed by atoms with Gasteiger partial charge in [-0.25, -0.2) is 5.43 Å². The molecule has 2 aliphatic rings. The molecule has 2 aliphatic heterocycles. The van der Waals surface area contributed by atoms with Crippen LogP contribution in [0.4, 0.5) is 0 Å². The first-order valence-electron chi connectivity index (χ1n) is 11.6. The van der Waals surface area contributed by atoms with Gasteiger partial charge in [0.05, 0.1) is 4.88 Å². The second kappa shape index (κ2) is 9.67. The second-order valence-electron chi connectivity index (χ2n) is 8.86. The van der Waals surface area contributed by atoms with E-state index >= 15 is 0 Å². The van der Waals surface area contributed by atoms with Crippen LogP contribution in [0.3, 0.4) is 0 Å². The van der Waals surface area contributed by atoms with Gasteiger partial charge in [0, 0.05) is 30.4 Å². The molecule has 0 saturated carbocycles. The summed E-state index contributed by atoms with van der Waals surface area (Å²) in [5.41, 5.74) is 7.66. The number of nitrogens with zero attached hydrogens (tertiary/aromatic N) is 1. The molecule has 1 aromatic carbocycles. The van der Waals surface area contributed by atoms with E-state index in [0.717, 1.165) is 65.6 Å². The molecule has 3 N–H and O–H groups in total. The highest BCUT2D eigenvalue weighted by atomic mass is 32.1. The van der Waals surface area contributed by atoms with Crippen molar-refractivity contribution < 1.29 is 9.59 Å². The van der Waals surface area contributed by atoms with E-state index in [2.05, 4.69) is 47.0 Å². The van der Waals surface area contributed by atoms with Crippen LogP contribution in [0.15, 0.2) is 24.3 Å². The van der Waals surface area contributed by atoms with Crippen molar-refractivity contribution in [3.63, 3.8) is 0 Å². The van der Waals surface area contributed by atoms with E-state index in [1.165, 1.54) is 0 Å². The molecule has 2 saturated heterocycles. The average molecular weight is 443 g/mol. The third-order valence-corrected chi connectivity index (χ3v) is 8.23. The van der Waals surface area contributed by atoms with Gasteiger partial charge >= 0.3 is 0 Å². The van der Waals surface area contributed by atoms with Crippen LogP contribution in [0.1, 0.15) is 61.2 Å². The summed E-state index contributed by atoms with van der Waals surface area (Å²) in [6, 6.07) is 8.47. The predicted molar refractivity (Wildman–Crippen MR) is 126 cm³/mol. The Balaban J connectivity index is 1.64. The molecule has 1 aromatic heterocycles. The minimum Gasteiger partial charge on any atom is -0.354 e. The normalized spacial score (nSPS) is 26.7. The summed E-state index contributed by atoms with van der Waals surface area (Å²) < 4.78 is 1.13. The predicted octanol–water partition coefficient (Wildman–Crippen LogP) is 3.47. The average Bonchev–Trinajstić information content (AvgIpc) is 3.25. The van der Waals surface area contributed by atoms with E-state index in [-0.39, 0.29) is 29.8 Å². The fourth-order valence-electron chi connectivity index (χ4n) is 5.14. The molecule has 0 spiro atoms. The first-order chi connectivity index (χ1) is 15.0. The van der Waals surface area contributed by atoms with Crippen LogP contribution in [-0.2, 0) is 11.2 Å². The highest BCUT2D eigenvalue weighted by Gasteiger charge is 2.40. The zero-order chi connectivity index (χ0) is 22.0. The van der Waals surface area contributed by atoms with Gasteiger partial charge < -0.3 is 10.2 Å². The van der Waals surface area contributed by atoms with E-state index in [0.29, 0.717) is 6.04 Å². The molecular weight excluding hydrogens is 408 g/mol. The fourth-order valence-corrected chi connectivity index (χ4v) is 6.32. The van der Waals surface area contributed by atoms with Gasteiger partial charge in [-0.05, 0) is 48.6 Å². The van der Waals surface area contributed by atoms with Gasteiger partial charge in [-0.15, -0.1) is 11.3 Å². The van der Waals surface area contributed by atoms with Crippen molar-refractivity contribution in [1.82, 2.24) is 21.1 Å². The van der Waals surface area contributed by atoms with Gasteiger partial charge in [0.25, 0.3) is 5.91 Å². The number of thiophene rings is 1. The SMILES string of the molecule is CCC1NNC(C(=O)N2CCCCCC2Cc2c(C(=O)NC)sc3ccccc23)C1C. The van der Waals surface area contributed by atoms with Gasteiger partial charge in [-0.3, -0.25) is 15.0 Å². The molecule has 0 radical (unpaired) electrons. The van der Waals surface area contributed by atoms with Gasteiger partial charge in [0.2, 0.25) is 5.91 Å². The standard InChI is InChI=1S/C24H34N4O2S/c1-4-19-15(2)21(27-26-19)24(30)28-13-9-5-6-10-16(28)14-18-17-11-7-8-12-20(17)31-22(18)23(29)25-3/h7-8,11-12,15-16,19,21,26-27H,4-6,9-10,13-14H2,1-3H3,(H,25,29). The summed E-state index contributed by atoms with van der Waals surface area (Å²) in [5.74, 6) is 0.414. The van der Waals surface area contributed by atoms with Crippen LogP contribution in [0, 0.1) is 5.92 Å². The van der Waals surface area contributed by atoms with Crippen molar-refractivity contribution in [3.05, 3.63) is 34.7 Å². The molecule has 0 aliphatic carbocycles. The number of amides is 2. The largest absolute Gasteiger partial charge is 0.354 e. The molecule has 2 fully saturated rings. The van der Waals surface area contributed by atoms with Crippen molar-refractivity contribution in [2.45, 2.75) is 70.5 Å². The summed E-state index contributed by atoms with van der Waals surface area (Å²) >= 11 is 1.55. The number of benzene rings is 1. The summed E-state index contributed by atoms with van der Waals surface area (Å²) in [7, 11) is 1.68. The Morgan fingerprint density at radius 1 is 1.19 bits per heavy atom. The molecule has 2 aromatic rings. The Morgan fingerprint density at radius 2 is 2.00 bits per heavy atom. The van der Waals surface area contributed by atoms with Crippen LogP contribution in [-0.4, -0.2) is 48.4 Å². The zero-order valence-corrected chi connectivity index (χ0v) is 19.6. The molecule has 4 atom stereocenters. The Bertz CT molecular complexity index is 943. The number of hydrogen-bond donors (Lipinski definition) is 3. The minimum absolute atomic E-state index is 0.0382. The molecule has 4 rings (SSSR count). The van der Waals surface area contributed by atoms with Crippen molar-refractivity contribution in [2.24, 2.45) is 5.92 Å². The van der Waals surface area contributed by atoms with Crippen LogP contribution >= 0.6 is 11.3 Å². The van der Waals surface area contributed by atoms with E-state index in [4.69, 9.17) is 0 Å². The lowest BCUT2D eigenvalue weighted by Crippen LogP contribution is -2.51. The quantitative estimate of drug-likeness (QED) is 0.663. The van der Waals surface area contributed by atoms with Gasteiger partial charge in [0.15, 0.2) is 0 Å². The van der Waals surface area contributed by atoms with Crippen LogP contribution in [0.5, 0.6) is 0 Å². The number of carbonyl (C=O) groups excluding carboxylic acids is 2. The molecule has 31 heavy (non-hydrogen) atoms. The Kier molecular flexibility index (Phi) is 6.94. The lowest BCUT2D eigenvalue weighted by atomic mass is 9.92. The molecule has 6 nitrogen and oxygen atoms in total. The summed E-state index contributed by atoms with van der Waals surface area (Å²) in [6.07, 6.45) is 6.02. The van der Waals surface area contributed by atoms with E-state index in [1.807, 2.05) is 12.1 Å². The molecule has 168 valence electrons. The lowest BCUT2D eigenvalue weighted by Gasteiger charge is -2.33. The van der Waals surface area contributed by atoms with Gasteiger partial charge in [-0.2, -0.15) is 0 Å². The van der Waals surface area contributed by atoms with Crippen LogP contribution < -0.4 is 16.2 Å². The molecule has 3 heterocycles. The smallest absolute Gasteiger partial charge is 0.261 e. The number of hydrazine groups is 1. The monoisotopic (exact) mass is 442 g/mol. The zero-order valence-electron chi connectivity index (χ0n) is 18.7. The van der Waals surface area contributed by atoms with Crippen LogP contribution in [0.2, 0.25) is 0 Å². The van der Waals surface area contributed by atoms with Gasteiger partial charge in [-0.1, -0.05) is 44.9 Å². The third-order valence-electron chi connectivity index (χ3n) is 7.02. The first kappa shape index (κ1) is 22.2. The molecule has 0 bridgehead atoms. The highest BCUT2D eigenvalue weighted by molar-refractivity contribution is 7.21. The summed E-state index contributed by atoms with van der Waals surface area (Å²) in [6.45, 7) is 5.11. The van der Waals surface area contributed by atoms with E-state index in [9.17, 15) is 9.59 Å². The highest BCUT2D eigenvalue weighted by Crippen LogP contribution is 2.34. The van der Waals surface area contributed by atoms with Crippen molar-refractivity contribution in [2.75, 3.05) is 13.6 Å². The second-order valence-corrected chi connectivity index (χ2v) is 9.92. The van der Waals surface area contributed by atoms with Gasteiger partial charge in [0.1, 0.15) is 6.04 Å². The Morgan fingerprint density at radius 3 is 2.74 bits per heavy atom. The van der Waals surface area contributed by atoms with E-state index < -0.39 is 0 Å². The number of likely N-dealkylation sites (tertiary alicyclic amines) is 1. The van der Waals surface area contributed by atoms with E-state index in [1.54, 1.807) is 18.4 Å². The fraction of sp³-hybridized carbons (Fsp3) is 0.583. The van der Waals surface area contributed by atoms with Crippen LogP contribution in [0.25, 0.3) is 10.1 Å². The topological polar surface area (TPSA) is 73.5 Å². The lowest BCUT2D eigenvalue weighted by molar-refractivity contribution is -0.136. The minimum atomic E-state index is -0.192. The summed E-state index contributed by atoms with van der Waals surface area (Å²) in [4.78, 5) is 29.2. The molecule has 7 heteroatoms. The Labute approximate surface area is 188 Å². The maximum Gasteiger partial charge on any atom is 0.261 e. The maximum atomic E-state index is 13.6. The molecule has 4 unspecified atom stereocenters. The maximum absolute atomic E-state index is 13.6.